The van der Waals surface area contributed by atoms with E-state index in [4.69, 9.17) is 5.73 Å². The third-order valence-corrected chi connectivity index (χ3v) is 1.63. The Kier molecular flexibility index (Phi) is 9.01. The molecule has 0 aromatic carbocycles. The minimum absolute atomic E-state index is 0.384. The van der Waals surface area contributed by atoms with Gasteiger partial charge < -0.3 is 11.1 Å². The van der Waals surface area contributed by atoms with Crippen LogP contribution in [0.3, 0.4) is 0 Å². The fraction of sp³-hybridized carbons (Fsp3) is 0.667. The lowest BCUT2D eigenvalue weighted by molar-refractivity contribution is 0.808. The first-order valence-electron chi connectivity index (χ1n) is 4.87. The number of anilines is 1. The highest BCUT2D eigenvalue weighted by Gasteiger charge is 1.95. The second-order valence-corrected chi connectivity index (χ2v) is 2.76. The number of aromatic nitrogens is 3. The maximum absolute atomic E-state index is 5.36. The molecule has 0 aliphatic heterocycles. The van der Waals surface area contributed by atoms with Crippen LogP contribution < -0.4 is 11.1 Å². The molecular weight excluding hydrogens is 214 g/mol. The monoisotopic (exact) mass is 231 g/mol. The lowest BCUT2D eigenvalue weighted by atomic mass is 10.3. The van der Waals surface area contributed by atoms with Crippen LogP contribution in [0.5, 0.6) is 0 Å². The first-order chi connectivity index (χ1) is 7.36. The molecule has 1 aromatic heterocycles. The summed E-state index contributed by atoms with van der Waals surface area (Å²) in [4.78, 5) is 4.06. The number of nitrogens with one attached hydrogen (secondary N) is 1. The van der Waals surface area contributed by atoms with Gasteiger partial charge >= 0.3 is 0 Å². The summed E-state index contributed by atoms with van der Waals surface area (Å²) in [5.41, 5.74) is 6.07. The average molecular weight is 232 g/mol. The molecule has 1 aromatic rings. The molecule has 0 spiro atoms. The molecule has 6 heteroatoms. The largest absolute Gasteiger partial charge is 0.353 e. The summed E-state index contributed by atoms with van der Waals surface area (Å²) in [6.45, 7) is 3.41. The Morgan fingerprint density at radius 1 is 1.40 bits per heavy atom. The Balaban J connectivity index is 0.000000921. The molecule has 0 bridgehead atoms. The standard InChI is InChI=1S/C8H15N5.CH3Cl/c1-2-3-4-10-8-11-6-7(5-9)12-13-8;1-2/h6H,2-5,9H2,1H3,(H,10,11,13);1H3. The van der Waals surface area contributed by atoms with Crippen molar-refractivity contribution in [2.24, 2.45) is 5.73 Å². The van der Waals surface area contributed by atoms with Crippen molar-refractivity contribution in [2.75, 3.05) is 18.2 Å². The lowest BCUT2D eigenvalue weighted by Gasteiger charge is -2.02. The molecule has 0 aliphatic rings. The first-order valence-corrected chi connectivity index (χ1v) is 5.62. The number of nitrogens with two attached hydrogens (primary N) is 1. The van der Waals surface area contributed by atoms with E-state index in [2.05, 4.69) is 39.0 Å². The molecule has 0 aliphatic carbocycles. The minimum Gasteiger partial charge on any atom is -0.353 e. The van der Waals surface area contributed by atoms with Crippen LogP contribution in [0.4, 0.5) is 5.95 Å². The van der Waals surface area contributed by atoms with Crippen LogP contribution in [0, 0.1) is 0 Å². The van der Waals surface area contributed by atoms with Crippen molar-refractivity contribution in [3.8, 4) is 0 Å². The van der Waals surface area contributed by atoms with Gasteiger partial charge in [0.25, 0.3) is 0 Å². The summed E-state index contributed by atoms with van der Waals surface area (Å²) < 4.78 is 0. The van der Waals surface area contributed by atoms with Gasteiger partial charge in [0.2, 0.25) is 5.95 Å². The quantitative estimate of drug-likeness (QED) is 0.592. The van der Waals surface area contributed by atoms with Crippen molar-refractivity contribution in [1.29, 1.82) is 0 Å². The second kappa shape index (κ2) is 9.61. The zero-order valence-corrected chi connectivity index (χ0v) is 9.96. The third kappa shape index (κ3) is 6.19. The molecule has 0 saturated carbocycles. The topological polar surface area (TPSA) is 76.7 Å². The van der Waals surface area contributed by atoms with E-state index in [9.17, 15) is 0 Å². The van der Waals surface area contributed by atoms with E-state index in [1.165, 1.54) is 6.38 Å². The fourth-order valence-electron chi connectivity index (χ4n) is 0.850. The summed E-state index contributed by atoms with van der Waals surface area (Å²) in [5, 5.41) is 10.8. The second-order valence-electron chi connectivity index (χ2n) is 2.76. The Labute approximate surface area is 95.4 Å². The summed E-state index contributed by atoms with van der Waals surface area (Å²) >= 11 is 4.64. The highest BCUT2D eigenvalue weighted by Crippen LogP contribution is 1.96. The van der Waals surface area contributed by atoms with E-state index in [1.54, 1.807) is 6.20 Å². The minimum atomic E-state index is 0.384. The molecule has 0 radical (unpaired) electrons. The van der Waals surface area contributed by atoms with E-state index < -0.39 is 0 Å². The molecule has 3 N–H and O–H groups in total. The normalized spacial score (nSPS) is 9.07. The summed E-state index contributed by atoms with van der Waals surface area (Å²) in [5.74, 6) is 0.575. The van der Waals surface area contributed by atoms with Crippen molar-refractivity contribution < 1.29 is 0 Å². The number of rotatable bonds is 5. The average Bonchev–Trinajstić information content (AvgIpc) is 2.33. The number of hydrogen-bond acceptors (Lipinski definition) is 5. The van der Waals surface area contributed by atoms with Crippen LogP contribution >= 0.6 is 11.6 Å². The molecule has 0 fully saturated rings. The number of unbranched alkanes of at least 4 members (excludes halogenated alkanes) is 1. The lowest BCUT2D eigenvalue weighted by Crippen LogP contribution is -2.08. The van der Waals surface area contributed by atoms with Gasteiger partial charge in [-0.3, -0.25) is 0 Å². The van der Waals surface area contributed by atoms with Gasteiger partial charge in [-0.2, -0.15) is 0 Å². The van der Waals surface area contributed by atoms with Crippen LogP contribution in [-0.4, -0.2) is 28.1 Å². The number of nitrogens with zero attached hydrogens (tertiary/aromatic N) is 3. The van der Waals surface area contributed by atoms with Gasteiger partial charge in [0.05, 0.1) is 11.9 Å². The van der Waals surface area contributed by atoms with Crippen LogP contribution in [-0.2, 0) is 6.54 Å². The van der Waals surface area contributed by atoms with Gasteiger partial charge in [0.15, 0.2) is 0 Å². The fourth-order valence-corrected chi connectivity index (χ4v) is 0.850. The summed E-state index contributed by atoms with van der Waals surface area (Å²) in [6.07, 6.45) is 5.38. The van der Waals surface area contributed by atoms with E-state index in [-0.39, 0.29) is 0 Å². The maximum atomic E-state index is 5.36. The van der Waals surface area contributed by atoms with Crippen LogP contribution in [0.25, 0.3) is 0 Å². The van der Waals surface area contributed by atoms with Gasteiger partial charge in [-0.1, -0.05) is 13.3 Å². The predicted octanol–water partition coefficient (Wildman–Crippen LogP) is 1.40. The molecule has 0 atom stereocenters. The van der Waals surface area contributed by atoms with Crippen molar-refractivity contribution in [2.45, 2.75) is 26.3 Å². The van der Waals surface area contributed by atoms with Gasteiger partial charge in [0.1, 0.15) is 0 Å². The SMILES string of the molecule is CCCCNc1ncc(CN)nn1.CCl. The van der Waals surface area contributed by atoms with E-state index >= 15 is 0 Å². The van der Waals surface area contributed by atoms with Crippen molar-refractivity contribution in [3.05, 3.63) is 11.9 Å². The summed E-state index contributed by atoms with van der Waals surface area (Å²) in [6, 6.07) is 0. The van der Waals surface area contributed by atoms with Crippen LogP contribution in [0.1, 0.15) is 25.5 Å². The number of halogens is 1. The first kappa shape index (κ1) is 14.1. The molecule has 5 nitrogen and oxygen atoms in total. The molecule has 15 heavy (non-hydrogen) atoms. The Bertz CT molecular complexity index is 239. The van der Waals surface area contributed by atoms with Gasteiger partial charge in [-0.15, -0.1) is 21.8 Å². The molecule has 86 valence electrons. The van der Waals surface area contributed by atoms with Gasteiger partial charge in [-0.25, -0.2) is 4.98 Å². The van der Waals surface area contributed by atoms with Crippen molar-refractivity contribution in [3.63, 3.8) is 0 Å². The molecule has 0 unspecified atom stereocenters. The molecule has 0 saturated heterocycles. The molecular formula is C9H18ClN5. The van der Waals surface area contributed by atoms with E-state index in [1.807, 2.05) is 0 Å². The van der Waals surface area contributed by atoms with Gasteiger partial charge in [0, 0.05) is 19.5 Å². The molecule has 1 rings (SSSR count). The smallest absolute Gasteiger partial charge is 0.242 e. The van der Waals surface area contributed by atoms with E-state index in [0.717, 1.165) is 19.4 Å². The zero-order chi connectivity index (χ0) is 11.5. The number of hydrogen-bond donors (Lipinski definition) is 2. The zero-order valence-electron chi connectivity index (χ0n) is 9.20. The van der Waals surface area contributed by atoms with Crippen molar-refractivity contribution >= 4 is 17.5 Å². The van der Waals surface area contributed by atoms with Crippen LogP contribution in [0.2, 0.25) is 0 Å². The highest BCUT2D eigenvalue weighted by molar-refractivity contribution is 6.15. The Hall–Kier alpha value is -0.940. The van der Waals surface area contributed by atoms with Crippen molar-refractivity contribution in [1.82, 2.24) is 15.2 Å². The van der Waals surface area contributed by atoms with Crippen LogP contribution in [0.15, 0.2) is 6.20 Å². The van der Waals surface area contributed by atoms with E-state index in [0.29, 0.717) is 18.2 Å². The summed E-state index contributed by atoms with van der Waals surface area (Å²) in [7, 11) is 0. The number of alkyl halides is 1. The third-order valence-electron chi connectivity index (χ3n) is 1.63. The molecule has 0 amide bonds. The predicted molar refractivity (Wildman–Crippen MR) is 62.9 cm³/mol. The Morgan fingerprint density at radius 2 is 2.13 bits per heavy atom. The maximum Gasteiger partial charge on any atom is 0.242 e. The Morgan fingerprint density at radius 3 is 2.60 bits per heavy atom. The molecule has 1 heterocycles. The highest BCUT2D eigenvalue weighted by atomic mass is 35.5. The van der Waals surface area contributed by atoms with Gasteiger partial charge in [-0.05, 0) is 6.42 Å².